The van der Waals surface area contributed by atoms with Gasteiger partial charge in [-0.15, -0.1) is 0 Å². The monoisotopic (exact) mass is 328 g/mol. The number of methoxy groups -OCH3 is 1. The fraction of sp³-hybridized carbons (Fsp3) is 0.278. The van der Waals surface area contributed by atoms with Gasteiger partial charge >= 0.3 is 0 Å². The van der Waals surface area contributed by atoms with Crippen LogP contribution in [0.25, 0.3) is 0 Å². The van der Waals surface area contributed by atoms with E-state index >= 15 is 0 Å². The second kappa shape index (κ2) is 6.70. The second-order valence-corrected chi connectivity index (χ2v) is 5.53. The molecule has 0 spiro atoms. The SMILES string of the molecule is [2H]C([2H])([2H])Oc1cc2c(cc1Cc1ccc(C(=O)NC)nc1)C(=O)NCC2. The van der Waals surface area contributed by atoms with Gasteiger partial charge in [-0.2, -0.15) is 0 Å². The Morgan fingerprint density at radius 2 is 2.33 bits per heavy atom. The summed E-state index contributed by atoms with van der Waals surface area (Å²) in [6, 6.07) is 6.61. The van der Waals surface area contributed by atoms with E-state index in [0.717, 1.165) is 11.1 Å². The molecule has 1 aromatic carbocycles. The first-order valence-electron chi connectivity index (χ1n) is 9.07. The van der Waals surface area contributed by atoms with Gasteiger partial charge in [-0.1, -0.05) is 6.07 Å². The molecule has 0 aliphatic carbocycles. The van der Waals surface area contributed by atoms with Crippen molar-refractivity contribution in [1.29, 1.82) is 0 Å². The van der Waals surface area contributed by atoms with Crippen LogP contribution in [-0.4, -0.2) is 37.4 Å². The van der Waals surface area contributed by atoms with Crippen molar-refractivity contribution >= 4 is 11.8 Å². The molecule has 0 fully saturated rings. The summed E-state index contributed by atoms with van der Waals surface area (Å²) in [7, 11) is -1.07. The first-order chi connectivity index (χ1) is 12.8. The Bertz CT molecular complexity index is 880. The van der Waals surface area contributed by atoms with E-state index in [-0.39, 0.29) is 23.3 Å². The number of rotatable bonds is 4. The summed E-state index contributed by atoms with van der Waals surface area (Å²) < 4.78 is 27.4. The average Bonchev–Trinajstić information content (AvgIpc) is 2.61. The Balaban J connectivity index is 1.96. The van der Waals surface area contributed by atoms with Crippen LogP contribution in [0.4, 0.5) is 0 Å². The lowest BCUT2D eigenvalue weighted by Crippen LogP contribution is -2.32. The zero-order valence-corrected chi connectivity index (χ0v) is 13.2. The van der Waals surface area contributed by atoms with E-state index in [1.165, 1.54) is 7.05 Å². The number of benzene rings is 1. The van der Waals surface area contributed by atoms with E-state index in [2.05, 4.69) is 15.6 Å². The molecule has 0 bridgehead atoms. The van der Waals surface area contributed by atoms with E-state index < -0.39 is 7.04 Å². The van der Waals surface area contributed by atoms with E-state index in [1.807, 2.05) is 0 Å². The molecule has 1 aromatic heterocycles. The van der Waals surface area contributed by atoms with Gasteiger partial charge in [0, 0.05) is 31.8 Å². The van der Waals surface area contributed by atoms with Crippen molar-refractivity contribution in [2.24, 2.45) is 0 Å². The summed E-state index contributed by atoms with van der Waals surface area (Å²) in [5.74, 6) is -0.261. The van der Waals surface area contributed by atoms with Gasteiger partial charge in [-0.3, -0.25) is 14.6 Å². The van der Waals surface area contributed by atoms with Crippen molar-refractivity contribution in [2.75, 3.05) is 20.6 Å². The Morgan fingerprint density at radius 1 is 1.46 bits per heavy atom. The summed E-state index contributed by atoms with van der Waals surface area (Å²) in [6.07, 6.45) is 2.47. The third kappa shape index (κ3) is 3.08. The quantitative estimate of drug-likeness (QED) is 0.887. The third-order valence-corrected chi connectivity index (χ3v) is 4.00. The third-order valence-electron chi connectivity index (χ3n) is 4.00. The number of fused-ring (bicyclic) bond motifs is 1. The van der Waals surface area contributed by atoms with Gasteiger partial charge in [-0.25, -0.2) is 0 Å². The van der Waals surface area contributed by atoms with Gasteiger partial charge in [0.05, 0.1) is 11.2 Å². The van der Waals surface area contributed by atoms with Crippen LogP contribution < -0.4 is 15.4 Å². The molecular weight excluding hydrogens is 306 g/mol. The van der Waals surface area contributed by atoms with Crippen LogP contribution in [-0.2, 0) is 12.8 Å². The second-order valence-electron chi connectivity index (χ2n) is 5.53. The Labute approximate surface area is 144 Å². The largest absolute Gasteiger partial charge is 0.496 e. The van der Waals surface area contributed by atoms with Gasteiger partial charge in [0.15, 0.2) is 0 Å². The molecule has 2 aromatic rings. The molecule has 1 aliphatic rings. The lowest BCUT2D eigenvalue weighted by Gasteiger charge is -2.19. The molecule has 0 saturated carbocycles. The molecule has 24 heavy (non-hydrogen) atoms. The normalized spacial score (nSPS) is 15.4. The predicted octanol–water partition coefficient (Wildman–Crippen LogP) is 1.33. The minimum absolute atomic E-state index is 0.189. The summed E-state index contributed by atoms with van der Waals surface area (Å²) in [6.45, 7) is 0.503. The highest BCUT2D eigenvalue weighted by Gasteiger charge is 2.20. The number of carbonyl (C=O) groups excluding carboxylic acids is 2. The van der Waals surface area contributed by atoms with Crippen LogP contribution in [0, 0.1) is 0 Å². The van der Waals surface area contributed by atoms with E-state index in [9.17, 15) is 9.59 Å². The molecular formula is C18H19N3O3. The highest BCUT2D eigenvalue weighted by molar-refractivity contribution is 5.97. The number of hydrogen-bond acceptors (Lipinski definition) is 4. The number of pyridine rings is 1. The minimum Gasteiger partial charge on any atom is -0.496 e. The van der Waals surface area contributed by atoms with Crippen LogP contribution >= 0.6 is 0 Å². The number of nitrogens with one attached hydrogen (secondary N) is 2. The molecule has 2 N–H and O–H groups in total. The highest BCUT2D eigenvalue weighted by atomic mass is 16.5. The number of amides is 2. The number of aromatic nitrogens is 1. The van der Waals surface area contributed by atoms with Crippen LogP contribution in [0.2, 0.25) is 0 Å². The van der Waals surface area contributed by atoms with Crippen molar-refractivity contribution in [1.82, 2.24) is 15.6 Å². The first kappa shape index (κ1) is 12.5. The fourth-order valence-electron chi connectivity index (χ4n) is 2.74. The van der Waals surface area contributed by atoms with Crippen LogP contribution in [0.1, 0.15) is 41.6 Å². The molecule has 0 radical (unpaired) electrons. The van der Waals surface area contributed by atoms with Gasteiger partial charge < -0.3 is 15.4 Å². The zero-order chi connectivity index (χ0) is 19.6. The Hall–Kier alpha value is -2.89. The summed E-state index contributed by atoms with van der Waals surface area (Å²) in [4.78, 5) is 27.8. The van der Waals surface area contributed by atoms with Crippen molar-refractivity contribution < 1.29 is 18.4 Å². The summed E-state index contributed by atoms with van der Waals surface area (Å²) >= 11 is 0. The van der Waals surface area contributed by atoms with Crippen LogP contribution in [0.5, 0.6) is 5.75 Å². The molecule has 0 unspecified atom stereocenters. The maximum absolute atomic E-state index is 12.1. The van der Waals surface area contributed by atoms with E-state index in [4.69, 9.17) is 8.85 Å². The van der Waals surface area contributed by atoms with Crippen molar-refractivity contribution in [2.45, 2.75) is 12.8 Å². The first-order valence-corrected chi connectivity index (χ1v) is 7.57. The van der Waals surface area contributed by atoms with Gasteiger partial charge in [0.1, 0.15) is 11.4 Å². The lowest BCUT2D eigenvalue weighted by molar-refractivity contribution is 0.0941. The molecule has 6 nitrogen and oxygen atoms in total. The molecule has 1 aliphatic heterocycles. The van der Waals surface area contributed by atoms with Gasteiger partial charge in [0.25, 0.3) is 11.8 Å². The molecule has 2 heterocycles. The number of nitrogens with zero attached hydrogens (tertiary/aromatic N) is 1. The van der Waals surface area contributed by atoms with Crippen molar-refractivity contribution in [3.05, 3.63) is 58.4 Å². The predicted molar refractivity (Wildman–Crippen MR) is 89.5 cm³/mol. The standard InChI is InChI=1S/C18H19N3O3/c1-19-18(23)15-4-3-11(10-21-15)7-13-8-14-12(9-16(13)24-2)5-6-20-17(14)22/h3-4,8-10H,5-7H2,1-2H3,(H,19,23)(H,20,22)/i2D3. The fourth-order valence-corrected chi connectivity index (χ4v) is 2.74. The van der Waals surface area contributed by atoms with Gasteiger partial charge in [-0.05, 0) is 41.3 Å². The molecule has 2 amide bonds. The number of hydrogen-bond donors (Lipinski definition) is 2. The Morgan fingerprint density at radius 3 is 3.04 bits per heavy atom. The highest BCUT2D eigenvalue weighted by Crippen LogP contribution is 2.27. The molecule has 0 atom stereocenters. The summed E-state index contributed by atoms with van der Waals surface area (Å²) in [5.41, 5.74) is 2.88. The van der Waals surface area contributed by atoms with E-state index in [1.54, 1.807) is 30.5 Å². The van der Waals surface area contributed by atoms with Gasteiger partial charge in [0.2, 0.25) is 0 Å². The molecule has 0 saturated heterocycles. The molecule has 6 heteroatoms. The molecule has 124 valence electrons. The van der Waals surface area contributed by atoms with Crippen molar-refractivity contribution in [3.63, 3.8) is 0 Å². The smallest absolute Gasteiger partial charge is 0.269 e. The summed E-state index contributed by atoms with van der Waals surface area (Å²) in [5, 5.41) is 5.27. The number of carbonyl (C=O) groups is 2. The topological polar surface area (TPSA) is 80.3 Å². The lowest BCUT2D eigenvalue weighted by atomic mass is 9.94. The average molecular weight is 328 g/mol. The minimum atomic E-state index is -2.60. The van der Waals surface area contributed by atoms with Crippen molar-refractivity contribution in [3.8, 4) is 5.75 Å². The Kier molecular flexibility index (Phi) is 3.50. The molecule has 3 rings (SSSR count). The maximum atomic E-state index is 12.1. The number of ether oxygens (including phenoxy) is 1. The van der Waals surface area contributed by atoms with E-state index in [0.29, 0.717) is 30.5 Å². The van der Waals surface area contributed by atoms with Crippen LogP contribution in [0.15, 0.2) is 30.5 Å². The zero-order valence-electron chi connectivity index (χ0n) is 16.2. The van der Waals surface area contributed by atoms with Crippen LogP contribution in [0.3, 0.4) is 0 Å². The maximum Gasteiger partial charge on any atom is 0.269 e.